The van der Waals surface area contributed by atoms with E-state index in [1.165, 1.54) is 15.6 Å². The number of nitrogens with zero attached hydrogens (tertiary/aromatic N) is 3. The fraction of sp³-hybridized carbons (Fsp3) is 0.364. The minimum atomic E-state index is -3.61. The number of amides is 1. The summed E-state index contributed by atoms with van der Waals surface area (Å²) in [6.07, 6.45) is 0. The van der Waals surface area contributed by atoms with E-state index in [0.29, 0.717) is 36.6 Å². The summed E-state index contributed by atoms with van der Waals surface area (Å²) in [5.74, 6) is -0.0684. The lowest BCUT2D eigenvalue weighted by atomic mass is 10.0. The molecule has 2 heterocycles. The quantitative estimate of drug-likeness (QED) is 0.619. The lowest BCUT2D eigenvalue weighted by Gasteiger charge is -2.35. The van der Waals surface area contributed by atoms with Crippen LogP contribution in [0, 0.1) is 27.7 Å². The number of hydrogen-bond acceptors (Lipinski definition) is 5. The first kappa shape index (κ1) is 21.0. The van der Waals surface area contributed by atoms with Gasteiger partial charge in [-0.1, -0.05) is 6.07 Å². The molecular formula is C22H25N3O3S2. The molecule has 0 spiro atoms. The van der Waals surface area contributed by atoms with Crippen molar-refractivity contribution in [3.05, 3.63) is 57.6 Å². The Morgan fingerprint density at radius 1 is 0.967 bits per heavy atom. The number of thiazole rings is 1. The van der Waals surface area contributed by atoms with E-state index in [4.69, 9.17) is 0 Å². The number of aryl methyl sites for hydroxylation is 2. The Hall–Kier alpha value is -2.29. The van der Waals surface area contributed by atoms with Crippen LogP contribution in [0.1, 0.15) is 32.6 Å². The fourth-order valence-corrected chi connectivity index (χ4v) is 6.71. The second kappa shape index (κ2) is 7.76. The lowest BCUT2D eigenvalue weighted by Crippen LogP contribution is -2.50. The molecule has 0 radical (unpaired) electrons. The van der Waals surface area contributed by atoms with Gasteiger partial charge >= 0.3 is 0 Å². The molecule has 1 amide bonds. The summed E-state index contributed by atoms with van der Waals surface area (Å²) in [5, 5.41) is 0. The first-order valence-corrected chi connectivity index (χ1v) is 12.2. The molecule has 8 heteroatoms. The normalized spacial score (nSPS) is 15.7. The molecule has 4 rings (SSSR count). The number of carbonyl (C=O) groups excluding carboxylic acids is 1. The Bertz CT molecular complexity index is 1210. The van der Waals surface area contributed by atoms with Gasteiger partial charge in [0, 0.05) is 31.7 Å². The van der Waals surface area contributed by atoms with E-state index in [0.717, 1.165) is 32.5 Å². The summed E-state index contributed by atoms with van der Waals surface area (Å²) in [6.45, 7) is 8.96. The van der Waals surface area contributed by atoms with Crippen LogP contribution in [0.15, 0.2) is 34.7 Å². The molecule has 3 aromatic rings. The van der Waals surface area contributed by atoms with Crippen LogP contribution in [0.25, 0.3) is 10.2 Å². The van der Waals surface area contributed by atoms with E-state index in [1.807, 2.05) is 45.9 Å². The zero-order chi connectivity index (χ0) is 21.6. The molecule has 1 saturated heterocycles. The summed E-state index contributed by atoms with van der Waals surface area (Å²) >= 11 is 1.50. The topological polar surface area (TPSA) is 70.6 Å². The molecule has 0 unspecified atom stereocenters. The molecule has 1 aliphatic heterocycles. The average Bonchev–Trinajstić information content (AvgIpc) is 3.20. The highest BCUT2D eigenvalue weighted by Gasteiger charge is 2.33. The first-order valence-electron chi connectivity index (χ1n) is 9.90. The minimum Gasteiger partial charge on any atom is -0.336 e. The SMILES string of the molecule is Cc1cc(C)c(C)c(S(=O)(=O)N2CCN(C(=O)c3ccc4ncsc4c3)CC2)c1C. The van der Waals surface area contributed by atoms with Gasteiger partial charge in [-0.05, 0) is 68.1 Å². The number of carbonyl (C=O) groups is 1. The molecule has 0 saturated carbocycles. The second-order valence-electron chi connectivity index (χ2n) is 7.82. The van der Waals surface area contributed by atoms with Crippen molar-refractivity contribution in [2.24, 2.45) is 0 Å². The van der Waals surface area contributed by atoms with E-state index in [9.17, 15) is 13.2 Å². The van der Waals surface area contributed by atoms with E-state index in [2.05, 4.69) is 4.98 Å². The molecule has 0 atom stereocenters. The van der Waals surface area contributed by atoms with Gasteiger partial charge in [0.25, 0.3) is 5.91 Å². The van der Waals surface area contributed by atoms with Crippen molar-refractivity contribution in [3.63, 3.8) is 0 Å². The van der Waals surface area contributed by atoms with Crippen LogP contribution in [0.3, 0.4) is 0 Å². The molecule has 0 N–H and O–H groups in total. The molecule has 6 nitrogen and oxygen atoms in total. The highest BCUT2D eigenvalue weighted by atomic mass is 32.2. The van der Waals surface area contributed by atoms with Crippen molar-refractivity contribution in [3.8, 4) is 0 Å². The van der Waals surface area contributed by atoms with Crippen molar-refractivity contribution < 1.29 is 13.2 Å². The number of benzene rings is 2. The molecule has 1 aliphatic rings. The largest absolute Gasteiger partial charge is 0.336 e. The molecule has 1 aromatic heterocycles. The zero-order valence-electron chi connectivity index (χ0n) is 17.6. The number of fused-ring (bicyclic) bond motifs is 1. The fourth-order valence-electron chi connectivity index (χ4n) is 4.00. The van der Waals surface area contributed by atoms with Gasteiger partial charge in [-0.3, -0.25) is 4.79 Å². The van der Waals surface area contributed by atoms with Gasteiger partial charge in [0.2, 0.25) is 10.0 Å². The van der Waals surface area contributed by atoms with Gasteiger partial charge in [-0.2, -0.15) is 4.31 Å². The van der Waals surface area contributed by atoms with E-state index < -0.39 is 10.0 Å². The Balaban J connectivity index is 1.53. The summed E-state index contributed by atoms with van der Waals surface area (Å²) in [6, 6.07) is 7.53. The maximum Gasteiger partial charge on any atom is 0.253 e. The third kappa shape index (κ3) is 3.53. The van der Waals surface area contributed by atoms with Gasteiger partial charge in [-0.25, -0.2) is 13.4 Å². The number of piperazine rings is 1. The van der Waals surface area contributed by atoms with Crippen LogP contribution in [0.4, 0.5) is 0 Å². The van der Waals surface area contributed by atoms with Crippen molar-refractivity contribution >= 4 is 37.5 Å². The van der Waals surface area contributed by atoms with Crippen LogP contribution in [-0.2, 0) is 10.0 Å². The predicted molar refractivity (Wildman–Crippen MR) is 120 cm³/mol. The molecule has 2 aromatic carbocycles. The Labute approximate surface area is 181 Å². The monoisotopic (exact) mass is 443 g/mol. The van der Waals surface area contributed by atoms with Gasteiger partial charge in [0.15, 0.2) is 0 Å². The summed E-state index contributed by atoms with van der Waals surface area (Å²) in [4.78, 5) is 19.3. The smallest absolute Gasteiger partial charge is 0.253 e. The molecule has 1 fully saturated rings. The zero-order valence-corrected chi connectivity index (χ0v) is 19.2. The molecular weight excluding hydrogens is 418 g/mol. The van der Waals surface area contributed by atoms with Crippen LogP contribution in [-0.4, -0.2) is 54.7 Å². The highest BCUT2D eigenvalue weighted by molar-refractivity contribution is 7.89. The van der Waals surface area contributed by atoms with Gasteiger partial charge in [0.05, 0.1) is 20.6 Å². The van der Waals surface area contributed by atoms with Gasteiger partial charge < -0.3 is 4.90 Å². The Morgan fingerprint density at radius 3 is 2.23 bits per heavy atom. The van der Waals surface area contributed by atoms with Crippen LogP contribution < -0.4 is 0 Å². The number of sulfonamides is 1. The van der Waals surface area contributed by atoms with Crippen molar-refractivity contribution in [2.45, 2.75) is 32.6 Å². The van der Waals surface area contributed by atoms with Gasteiger partial charge in [-0.15, -0.1) is 11.3 Å². The number of aromatic nitrogens is 1. The third-order valence-electron chi connectivity index (χ3n) is 6.00. The van der Waals surface area contributed by atoms with Crippen LogP contribution in [0.2, 0.25) is 0 Å². The average molecular weight is 444 g/mol. The summed E-state index contributed by atoms with van der Waals surface area (Å²) < 4.78 is 29.3. The van der Waals surface area contributed by atoms with Crippen molar-refractivity contribution in [1.29, 1.82) is 0 Å². The number of hydrogen-bond donors (Lipinski definition) is 0. The molecule has 0 bridgehead atoms. The van der Waals surface area contributed by atoms with E-state index in [1.54, 1.807) is 16.5 Å². The molecule has 30 heavy (non-hydrogen) atoms. The third-order valence-corrected chi connectivity index (χ3v) is 8.96. The molecule has 158 valence electrons. The number of rotatable bonds is 3. The standard InChI is InChI=1S/C22H25N3O3S2/c1-14-11-15(2)17(4)21(16(14)3)30(27,28)25-9-7-24(8-10-25)22(26)18-5-6-19-20(12-18)29-13-23-19/h5-6,11-13H,7-10H2,1-4H3. The second-order valence-corrected chi connectivity index (χ2v) is 10.6. The molecule has 0 aliphatic carbocycles. The van der Waals surface area contributed by atoms with Gasteiger partial charge in [0.1, 0.15) is 0 Å². The Morgan fingerprint density at radius 2 is 1.60 bits per heavy atom. The maximum absolute atomic E-state index is 13.4. The van der Waals surface area contributed by atoms with Crippen LogP contribution in [0.5, 0.6) is 0 Å². The summed E-state index contributed by atoms with van der Waals surface area (Å²) in [5.41, 5.74) is 6.81. The lowest BCUT2D eigenvalue weighted by molar-refractivity contribution is 0.0698. The van der Waals surface area contributed by atoms with Crippen molar-refractivity contribution in [2.75, 3.05) is 26.2 Å². The summed E-state index contributed by atoms with van der Waals surface area (Å²) in [7, 11) is -3.61. The van der Waals surface area contributed by atoms with E-state index in [-0.39, 0.29) is 5.91 Å². The minimum absolute atomic E-state index is 0.0684. The van der Waals surface area contributed by atoms with Crippen LogP contribution >= 0.6 is 11.3 Å². The van der Waals surface area contributed by atoms with Crippen molar-refractivity contribution in [1.82, 2.24) is 14.2 Å². The van der Waals surface area contributed by atoms with E-state index >= 15 is 0 Å². The Kier molecular flexibility index (Phi) is 5.42. The highest BCUT2D eigenvalue weighted by Crippen LogP contribution is 2.29. The maximum atomic E-state index is 13.4. The predicted octanol–water partition coefficient (Wildman–Crippen LogP) is 3.68. The first-order chi connectivity index (χ1) is 14.2.